The van der Waals surface area contributed by atoms with Crippen molar-refractivity contribution in [3.05, 3.63) is 59.7 Å². The van der Waals surface area contributed by atoms with E-state index in [1.165, 1.54) is 0 Å². The molecule has 196 valence electrons. The number of ether oxygens (including phenoxy) is 1. The zero-order chi connectivity index (χ0) is 26.9. The minimum absolute atomic E-state index is 0.0780. The minimum atomic E-state index is -0.842. The van der Waals surface area contributed by atoms with Crippen LogP contribution in [0.4, 0.5) is 4.79 Å². The highest BCUT2D eigenvalue weighted by molar-refractivity contribution is 5.91. The molecular weight excluding hydrogens is 466 g/mol. The summed E-state index contributed by atoms with van der Waals surface area (Å²) in [6.45, 7) is 8.09. The summed E-state index contributed by atoms with van der Waals surface area (Å²) in [7, 11) is 0. The minimum Gasteiger partial charge on any atom is -0.449 e. The summed E-state index contributed by atoms with van der Waals surface area (Å²) >= 11 is 0. The SMILES string of the molecule is C#CCNC(=O)[C@H](CC(C)C)NC(=O)[C@H](CC(C)C)NC(=O)OCC1c2ccccc2-c2ccccc21. The van der Waals surface area contributed by atoms with Crippen molar-refractivity contribution in [2.24, 2.45) is 11.8 Å². The van der Waals surface area contributed by atoms with E-state index in [-0.39, 0.29) is 36.8 Å². The van der Waals surface area contributed by atoms with Crippen LogP contribution in [-0.2, 0) is 14.3 Å². The zero-order valence-electron chi connectivity index (χ0n) is 22.0. The third kappa shape index (κ3) is 7.36. The fourth-order valence-electron chi connectivity index (χ4n) is 4.72. The van der Waals surface area contributed by atoms with Gasteiger partial charge in [-0.2, -0.15) is 0 Å². The van der Waals surface area contributed by atoms with Crippen molar-refractivity contribution < 1.29 is 19.1 Å². The molecule has 2 atom stereocenters. The lowest BCUT2D eigenvalue weighted by Crippen LogP contribution is -2.54. The molecule has 7 heteroatoms. The van der Waals surface area contributed by atoms with Crippen LogP contribution >= 0.6 is 0 Å². The molecule has 0 saturated heterocycles. The first-order valence-corrected chi connectivity index (χ1v) is 12.8. The number of hydrogen-bond acceptors (Lipinski definition) is 4. The first kappa shape index (κ1) is 27.8. The molecule has 0 unspecified atom stereocenters. The van der Waals surface area contributed by atoms with Gasteiger partial charge in [0, 0.05) is 5.92 Å². The van der Waals surface area contributed by atoms with E-state index in [2.05, 4.69) is 46.1 Å². The second kappa shape index (κ2) is 13.0. The molecular formula is C30H37N3O4. The molecule has 1 aliphatic carbocycles. The van der Waals surface area contributed by atoms with Crippen molar-refractivity contribution in [3.8, 4) is 23.5 Å². The van der Waals surface area contributed by atoms with Crippen LogP contribution in [0.25, 0.3) is 11.1 Å². The molecule has 0 bridgehead atoms. The van der Waals surface area contributed by atoms with E-state index in [0.29, 0.717) is 12.8 Å². The van der Waals surface area contributed by atoms with Gasteiger partial charge in [0.2, 0.25) is 11.8 Å². The van der Waals surface area contributed by atoms with E-state index in [0.717, 1.165) is 22.3 Å². The molecule has 2 aromatic rings. The van der Waals surface area contributed by atoms with Crippen molar-refractivity contribution in [2.45, 2.75) is 58.5 Å². The van der Waals surface area contributed by atoms with Gasteiger partial charge >= 0.3 is 6.09 Å². The molecule has 3 amide bonds. The summed E-state index contributed by atoms with van der Waals surface area (Å²) in [5, 5.41) is 8.15. The lowest BCUT2D eigenvalue weighted by atomic mass is 9.98. The van der Waals surface area contributed by atoms with Gasteiger partial charge in [0.05, 0.1) is 6.54 Å². The Morgan fingerprint density at radius 2 is 1.35 bits per heavy atom. The number of benzene rings is 2. The van der Waals surface area contributed by atoms with Crippen molar-refractivity contribution in [1.82, 2.24) is 16.0 Å². The van der Waals surface area contributed by atoms with Crippen LogP contribution in [-0.4, -0.2) is 43.1 Å². The van der Waals surface area contributed by atoms with Gasteiger partial charge in [-0.25, -0.2) is 4.79 Å². The summed E-state index contributed by atoms with van der Waals surface area (Å²) in [5.74, 6) is 1.81. The maximum Gasteiger partial charge on any atom is 0.407 e. The Balaban J connectivity index is 1.67. The predicted octanol–water partition coefficient (Wildman–Crippen LogP) is 4.22. The van der Waals surface area contributed by atoms with Gasteiger partial charge in [-0.15, -0.1) is 6.42 Å². The number of rotatable bonds is 11. The van der Waals surface area contributed by atoms with Crippen molar-refractivity contribution in [2.75, 3.05) is 13.2 Å². The van der Waals surface area contributed by atoms with Crippen LogP contribution in [0.15, 0.2) is 48.5 Å². The van der Waals surface area contributed by atoms with Crippen LogP contribution in [0.2, 0.25) is 0 Å². The van der Waals surface area contributed by atoms with Crippen LogP contribution < -0.4 is 16.0 Å². The number of fused-ring (bicyclic) bond motifs is 3. The van der Waals surface area contributed by atoms with Crippen LogP contribution in [0.1, 0.15) is 57.6 Å². The Kier molecular flexibility index (Phi) is 9.73. The second-order valence-electron chi connectivity index (χ2n) is 10.3. The van der Waals surface area contributed by atoms with Crippen LogP contribution in [0, 0.1) is 24.2 Å². The largest absolute Gasteiger partial charge is 0.449 e. The fourth-order valence-corrected chi connectivity index (χ4v) is 4.72. The van der Waals surface area contributed by atoms with Crippen molar-refractivity contribution in [1.29, 1.82) is 0 Å². The Bertz CT molecular complexity index is 1110. The lowest BCUT2D eigenvalue weighted by Gasteiger charge is -2.25. The van der Waals surface area contributed by atoms with E-state index in [4.69, 9.17) is 11.2 Å². The number of nitrogens with one attached hydrogen (secondary N) is 3. The second-order valence-corrected chi connectivity index (χ2v) is 10.3. The van der Waals surface area contributed by atoms with Gasteiger partial charge in [-0.3, -0.25) is 9.59 Å². The third-order valence-corrected chi connectivity index (χ3v) is 6.36. The average molecular weight is 504 g/mol. The van der Waals surface area contributed by atoms with Crippen LogP contribution in [0.3, 0.4) is 0 Å². The number of amides is 3. The summed E-state index contributed by atoms with van der Waals surface area (Å²) in [6.07, 6.45) is 5.43. The fraction of sp³-hybridized carbons (Fsp3) is 0.433. The van der Waals surface area contributed by atoms with Crippen molar-refractivity contribution >= 4 is 17.9 Å². The number of alkyl carbamates (subject to hydrolysis) is 1. The molecule has 0 spiro atoms. The first-order valence-electron chi connectivity index (χ1n) is 12.8. The van der Waals surface area contributed by atoms with Gasteiger partial charge in [-0.05, 0) is 46.9 Å². The Hall–Kier alpha value is -3.79. The molecule has 3 rings (SSSR count). The highest BCUT2D eigenvalue weighted by Gasteiger charge is 2.31. The van der Waals surface area contributed by atoms with E-state index in [9.17, 15) is 14.4 Å². The summed E-state index contributed by atoms with van der Waals surface area (Å²) in [6, 6.07) is 14.6. The molecule has 7 nitrogen and oxygen atoms in total. The molecule has 3 N–H and O–H groups in total. The highest BCUT2D eigenvalue weighted by Crippen LogP contribution is 2.44. The lowest BCUT2D eigenvalue weighted by molar-refractivity contribution is -0.130. The maximum absolute atomic E-state index is 13.2. The molecule has 1 aliphatic rings. The summed E-state index contributed by atoms with van der Waals surface area (Å²) < 4.78 is 5.64. The monoisotopic (exact) mass is 503 g/mol. The van der Waals surface area contributed by atoms with E-state index in [1.54, 1.807) is 0 Å². The quantitative estimate of drug-likeness (QED) is 0.400. The number of carbonyl (C=O) groups excluding carboxylic acids is 3. The Morgan fingerprint density at radius 1 is 0.838 bits per heavy atom. The van der Waals surface area contributed by atoms with Gasteiger partial charge in [-0.1, -0.05) is 82.1 Å². The molecule has 0 aliphatic heterocycles. The topological polar surface area (TPSA) is 96.5 Å². The van der Waals surface area contributed by atoms with Gasteiger partial charge < -0.3 is 20.7 Å². The maximum atomic E-state index is 13.2. The van der Waals surface area contributed by atoms with Crippen LogP contribution in [0.5, 0.6) is 0 Å². The van der Waals surface area contributed by atoms with Crippen molar-refractivity contribution in [3.63, 3.8) is 0 Å². The van der Waals surface area contributed by atoms with Gasteiger partial charge in [0.25, 0.3) is 0 Å². The number of carbonyl (C=O) groups is 3. The Labute approximate surface area is 219 Å². The number of terminal acetylenes is 1. The Morgan fingerprint density at radius 3 is 1.86 bits per heavy atom. The zero-order valence-corrected chi connectivity index (χ0v) is 22.0. The molecule has 0 aromatic heterocycles. The normalized spacial score (nSPS) is 13.8. The molecule has 37 heavy (non-hydrogen) atoms. The van der Waals surface area contributed by atoms with E-state index < -0.39 is 24.1 Å². The van der Waals surface area contributed by atoms with Gasteiger partial charge in [0.1, 0.15) is 18.7 Å². The molecule has 0 saturated carbocycles. The number of hydrogen-bond donors (Lipinski definition) is 3. The van der Waals surface area contributed by atoms with E-state index in [1.807, 2.05) is 52.0 Å². The average Bonchev–Trinajstić information content (AvgIpc) is 3.18. The first-order chi connectivity index (χ1) is 17.7. The molecule has 0 fully saturated rings. The molecule has 0 heterocycles. The van der Waals surface area contributed by atoms with E-state index >= 15 is 0 Å². The standard InChI is InChI=1S/C30H37N3O4/c1-6-15-31-28(34)26(16-19(2)3)32-29(35)27(17-20(4)5)33-30(36)37-18-25-23-13-9-7-11-21(23)22-12-8-10-14-24(22)25/h1,7-14,19-20,25-27H,15-18H2,2-5H3,(H,31,34)(H,32,35)(H,33,36)/t26-,27-/m0/s1. The summed E-state index contributed by atoms with van der Waals surface area (Å²) in [4.78, 5) is 38.6. The molecule has 0 radical (unpaired) electrons. The smallest absolute Gasteiger partial charge is 0.407 e. The summed E-state index contributed by atoms with van der Waals surface area (Å²) in [5.41, 5.74) is 4.51. The molecule has 2 aromatic carbocycles. The third-order valence-electron chi connectivity index (χ3n) is 6.36. The predicted molar refractivity (Wildman–Crippen MR) is 145 cm³/mol. The highest BCUT2D eigenvalue weighted by atomic mass is 16.5. The van der Waals surface area contributed by atoms with Gasteiger partial charge in [0.15, 0.2) is 0 Å².